The van der Waals surface area contributed by atoms with Crippen LogP contribution in [0.15, 0.2) is 29.0 Å². The highest BCUT2D eigenvalue weighted by atomic mass is 32.1. The molecule has 2 rings (SSSR count). The number of aromatic nitrogens is 2. The largest absolute Gasteiger partial charge is 0.387 e. The van der Waals surface area contributed by atoms with Crippen molar-refractivity contribution in [1.29, 1.82) is 0 Å². The van der Waals surface area contributed by atoms with Crippen molar-refractivity contribution >= 4 is 23.1 Å². The van der Waals surface area contributed by atoms with E-state index in [1.54, 1.807) is 12.1 Å². The van der Waals surface area contributed by atoms with E-state index in [0.29, 0.717) is 12.4 Å². The van der Waals surface area contributed by atoms with E-state index in [9.17, 15) is 9.90 Å². The molecule has 2 aromatic rings. The number of amides is 1. The quantitative estimate of drug-likeness (QED) is 0.761. The molecule has 100 valence electrons. The summed E-state index contributed by atoms with van der Waals surface area (Å²) in [5.41, 5.74) is 1.12. The number of aliphatic hydroxyl groups is 1. The van der Waals surface area contributed by atoms with Crippen molar-refractivity contribution in [2.24, 2.45) is 0 Å². The van der Waals surface area contributed by atoms with Gasteiger partial charge in [0.15, 0.2) is 5.69 Å². The van der Waals surface area contributed by atoms with Gasteiger partial charge in [-0.05, 0) is 34.5 Å². The molecule has 0 fully saturated rings. The molecule has 2 aromatic heterocycles. The highest BCUT2D eigenvalue weighted by Crippen LogP contribution is 2.16. The molecule has 1 unspecified atom stereocenters. The van der Waals surface area contributed by atoms with E-state index in [1.807, 2.05) is 16.8 Å². The first-order chi connectivity index (χ1) is 9.20. The SMILES string of the molecule is CNC(=O)c1ccc(NCC(O)c2ccsc2)nn1. The van der Waals surface area contributed by atoms with Crippen LogP contribution in [0.1, 0.15) is 22.2 Å². The van der Waals surface area contributed by atoms with Crippen molar-refractivity contribution in [3.8, 4) is 0 Å². The second-order valence-electron chi connectivity index (χ2n) is 3.84. The molecule has 0 bridgehead atoms. The van der Waals surface area contributed by atoms with Gasteiger partial charge in [-0.1, -0.05) is 0 Å². The van der Waals surface area contributed by atoms with Crippen molar-refractivity contribution in [2.45, 2.75) is 6.10 Å². The van der Waals surface area contributed by atoms with Crippen LogP contribution >= 0.6 is 11.3 Å². The van der Waals surface area contributed by atoms with Gasteiger partial charge in [0.05, 0.1) is 6.10 Å². The van der Waals surface area contributed by atoms with Gasteiger partial charge in [-0.15, -0.1) is 10.2 Å². The first kappa shape index (κ1) is 13.4. The number of hydrogen-bond donors (Lipinski definition) is 3. The van der Waals surface area contributed by atoms with Crippen LogP contribution in [0.5, 0.6) is 0 Å². The van der Waals surface area contributed by atoms with Crippen molar-refractivity contribution in [3.05, 3.63) is 40.2 Å². The maximum Gasteiger partial charge on any atom is 0.271 e. The predicted octanol–water partition coefficient (Wildman–Crippen LogP) is 1.04. The van der Waals surface area contributed by atoms with Crippen LogP contribution in [0.4, 0.5) is 5.82 Å². The Balaban J connectivity index is 1.91. The number of nitrogens with zero attached hydrogens (tertiary/aromatic N) is 2. The summed E-state index contributed by atoms with van der Waals surface area (Å²) in [6.07, 6.45) is -0.591. The topological polar surface area (TPSA) is 87.1 Å². The van der Waals surface area contributed by atoms with Gasteiger partial charge in [-0.3, -0.25) is 4.79 Å². The molecule has 7 heteroatoms. The molecular weight excluding hydrogens is 264 g/mol. The van der Waals surface area contributed by atoms with Crippen LogP contribution < -0.4 is 10.6 Å². The summed E-state index contributed by atoms with van der Waals surface area (Å²) in [6.45, 7) is 0.338. The molecule has 0 radical (unpaired) electrons. The van der Waals surface area contributed by atoms with Crippen LogP contribution in [0.3, 0.4) is 0 Å². The summed E-state index contributed by atoms with van der Waals surface area (Å²) in [5.74, 6) is 0.235. The van der Waals surface area contributed by atoms with Gasteiger partial charge < -0.3 is 15.7 Å². The molecule has 0 aliphatic rings. The maximum atomic E-state index is 11.3. The molecule has 0 aromatic carbocycles. The molecule has 19 heavy (non-hydrogen) atoms. The third-order valence-corrected chi connectivity index (χ3v) is 3.23. The Morgan fingerprint density at radius 2 is 2.26 bits per heavy atom. The molecule has 3 N–H and O–H groups in total. The molecule has 0 saturated carbocycles. The number of thiophene rings is 1. The highest BCUT2D eigenvalue weighted by Gasteiger charge is 2.09. The fourth-order valence-electron chi connectivity index (χ4n) is 1.46. The number of nitrogens with one attached hydrogen (secondary N) is 2. The second-order valence-corrected chi connectivity index (χ2v) is 4.62. The molecule has 0 spiro atoms. The average molecular weight is 278 g/mol. The van der Waals surface area contributed by atoms with E-state index in [4.69, 9.17) is 0 Å². The minimum Gasteiger partial charge on any atom is -0.387 e. The summed E-state index contributed by atoms with van der Waals surface area (Å²) in [7, 11) is 1.54. The van der Waals surface area contributed by atoms with Crippen LogP contribution in [0.2, 0.25) is 0 Å². The average Bonchev–Trinajstić information content (AvgIpc) is 2.98. The Bertz CT molecular complexity index is 527. The van der Waals surface area contributed by atoms with Gasteiger partial charge in [-0.25, -0.2) is 0 Å². The standard InChI is InChI=1S/C12H14N4O2S/c1-13-12(18)9-2-3-11(16-15-9)14-6-10(17)8-4-5-19-7-8/h2-5,7,10,17H,6H2,1H3,(H,13,18)(H,14,16). The number of carbonyl (C=O) groups is 1. The minimum absolute atomic E-state index is 0.256. The monoisotopic (exact) mass is 278 g/mol. The predicted molar refractivity (Wildman–Crippen MR) is 73.2 cm³/mol. The maximum absolute atomic E-state index is 11.3. The lowest BCUT2D eigenvalue weighted by molar-refractivity contribution is 0.0957. The summed E-state index contributed by atoms with van der Waals surface area (Å²) in [4.78, 5) is 11.3. The first-order valence-corrected chi connectivity index (χ1v) is 6.65. The summed E-state index contributed by atoms with van der Waals surface area (Å²) < 4.78 is 0. The van der Waals surface area contributed by atoms with Gasteiger partial charge in [0.25, 0.3) is 5.91 Å². The zero-order chi connectivity index (χ0) is 13.7. The molecule has 0 aliphatic carbocycles. The van der Waals surface area contributed by atoms with Gasteiger partial charge in [0.2, 0.25) is 0 Å². The highest BCUT2D eigenvalue weighted by molar-refractivity contribution is 7.07. The number of rotatable bonds is 5. The third-order valence-electron chi connectivity index (χ3n) is 2.53. The first-order valence-electron chi connectivity index (χ1n) is 5.70. The lowest BCUT2D eigenvalue weighted by atomic mass is 10.2. The Hall–Kier alpha value is -1.99. The molecule has 2 heterocycles. The smallest absolute Gasteiger partial charge is 0.271 e. The van der Waals surface area contributed by atoms with Gasteiger partial charge >= 0.3 is 0 Å². The lowest BCUT2D eigenvalue weighted by Crippen LogP contribution is -2.20. The van der Waals surface area contributed by atoms with Crippen LogP contribution in [-0.2, 0) is 0 Å². The summed E-state index contributed by atoms with van der Waals surface area (Å²) in [5, 5.41) is 26.8. The van der Waals surface area contributed by atoms with E-state index >= 15 is 0 Å². The summed E-state index contributed by atoms with van der Waals surface area (Å²) in [6, 6.07) is 5.10. The number of aliphatic hydroxyl groups excluding tert-OH is 1. The van der Waals surface area contributed by atoms with Gasteiger partial charge in [0, 0.05) is 13.6 Å². The van der Waals surface area contributed by atoms with Crippen LogP contribution in [-0.4, -0.2) is 34.8 Å². The van der Waals surface area contributed by atoms with Crippen molar-refractivity contribution < 1.29 is 9.90 Å². The molecule has 0 saturated heterocycles. The van der Waals surface area contributed by atoms with E-state index < -0.39 is 6.10 Å². The third kappa shape index (κ3) is 3.49. The van der Waals surface area contributed by atoms with Gasteiger partial charge in [0.1, 0.15) is 5.82 Å². The Labute approximate surface area is 114 Å². The zero-order valence-electron chi connectivity index (χ0n) is 10.3. The zero-order valence-corrected chi connectivity index (χ0v) is 11.1. The fraction of sp³-hybridized carbons (Fsp3) is 0.250. The van der Waals surface area contributed by atoms with E-state index in [2.05, 4.69) is 20.8 Å². The molecular formula is C12H14N4O2S. The number of carbonyl (C=O) groups excluding carboxylic acids is 1. The Morgan fingerprint density at radius 3 is 2.84 bits per heavy atom. The van der Waals surface area contributed by atoms with E-state index in [0.717, 1.165) is 5.56 Å². The second kappa shape index (κ2) is 6.26. The number of hydrogen-bond acceptors (Lipinski definition) is 6. The van der Waals surface area contributed by atoms with E-state index in [-0.39, 0.29) is 11.6 Å². The lowest BCUT2D eigenvalue weighted by Gasteiger charge is -2.10. The van der Waals surface area contributed by atoms with Crippen molar-refractivity contribution in [1.82, 2.24) is 15.5 Å². The molecule has 1 atom stereocenters. The van der Waals surface area contributed by atoms with Crippen LogP contribution in [0, 0.1) is 0 Å². The van der Waals surface area contributed by atoms with Crippen molar-refractivity contribution in [2.75, 3.05) is 18.9 Å². The van der Waals surface area contributed by atoms with E-state index in [1.165, 1.54) is 18.4 Å². The summed E-state index contributed by atoms with van der Waals surface area (Å²) >= 11 is 1.54. The fourth-order valence-corrected chi connectivity index (χ4v) is 2.17. The number of anilines is 1. The molecule has 1 amide bonds. The van der Waals surface area contributed by atoms with Gasteiger partial charge in [-0.2, -0.15) is 11.3 Å². The normalized spacial score (nSPS) is 11.9. The van der Waals surface area contributed by atoms with Crippen molar-refractivity contribution in [3.63, 3.8) is 0 Å². The molecule has 0 aliphatic heterocycles. The Morgan fingerprint density at radius 1 is 1.42 bits per heavy atom. The Kier molecular flexibility index (Phi) is 4.43. The minimum atomic E-state index is -0.591. The van der Waals surface area contributed by atoms with Crippen LogP contribution in [0.25, 0.3) is 0 Å². The molecule has 6 nitrogen and oxygen atoms in total.